The van der Waals surface area contributed by atoms with Crippen LogP contribution in [0.25, 0.3) is 0 Å². The first-order valence-corrected chi connectivity index (χ1v) is 2.97. The Balaban J connectivity index is 2.70. The topological polar surface area (TPSA) is 46.2 Å². The van der Waals surface area contributed by atoms with Crippen LogP contribution in [0, 0.1) is 0 Å². The zero-order valence-electron chi connectivity index (χ0n) is 5.46. The van der Waals surface area contributed by atoms with Crippen LogP contribution in [-0.2, 0) is 0 Å². The maximum atomic E-state index is 9.31. The van der Waals surface area contributed by atoms with Crippen LogP contribution in [0.1, 0.15) is 13.3 Å². The molecule has 0 amide bonds. The molecular formula is C7H11NO. The summed E-state index contributed by atoms with van der Waals surface area (Å²) in [6, 6.07) is 0. The standard InChI is InChI=1S/C7H11NO/c1-7(9)4-2-6(8)3-5-7/h2-4,9H,5,8H2,1H3. The van der Waals surface area contributed by atoms with Gasteiger partial charge in [0, 0.05) is 5.70 Å². The minimum atomic E-state index is -0.678. The van der Waals surface area contributed by atoms with Crippen molar-refractivity contribution in [2.45, 2.75) is 18.9 Å². The predicted molar refractivity (Wildman–Crippen MR) is 36.7 cm³/mol. The van der Waals surface area contributed by atoms with E-state index in [1.807, 2.05) is 6.08 Å². The fraction of sp³-hybridized carbons (Fsp3) is 0.429. The van der Waals surface area contributed by atoms with Gasteiger partial charge in [-0.15, -0.1) is 0 Å². The normalized spacial score (nSPS) is 34.2. The van der Waals surface area contributed by atoms with Crippen molar-refractivity contribution in [1.29, 1.82) is 0 Å². The van der Waals surface area contributed by atoms with Crippen LogP contribution in [0.5, 0.6) is 0 Å². The first-order valence-electron chi connectivity index (χ1n) is 2.97. The number of hydrogen-bond donors (Lipinski definition) is 2. The van der Waals surface area contributed by atoms with Crippen molar-refractivity contribution in [2.75, 3.05) is 0 Å². The predicted octanol–water partition coefficient (Wildman–Crippen LogP) is 0.540. The largest absolute Gasteiger partial charge is 0.399 e. The lowest BCUT2D eigenvalue weighted by Crippen LogP contribution is -2.22. The van der Waals surface area contributed by atoms with E-state index in [1.54, 1.807) is 19.1 Å². The van der Waals surface area contributed by atoms with E-state index >= 15 is 0 Å². The van der Waals surface area contributed by atoms with Gasteiger partial charge in [0.25, 0.3) is 0 Å². The fourth-order valence-corrected chi connectivity index (χ4v) is 0.736. The number of allylic oxidation sites excluding steroid dienone is 1. The van der Waals surface area contributed by atoms with Gasteiger partial charge < -0.3 is 10.8 Å². The summed E-state index contributed by atoms with van der Waals surface area (Å²) in [5, 5.41) is 9.31. The third-order valence-corrected chi connectivity index (χ3v) is 1.39. The molecule has 0 aromatic rings. The van der Waals surface area contributed by atoms with Gasteiger partial charge in [0.15, 0.2) is 0 Å². The minimum absolute atomic E-state index is 0.620. The van der Waals surface area contributed by atoms with Crippen LogP contribution in [0.2, 0.25) is 0 Å². The molecule has 1 rings (SSSR count). The number of nitrogens with two attached hydrogens (primary N) is 1. The zero-order valence-corrected chi connectivity index (χ0v) is 5.46. The van der Waals surface area contributed by atoms with Crippen molar-refractivity contribution < 1.29 is 5.11 Å². The number of rotatable bonds is 0. The van der Waals surface area contributed by atoms with Crippen molar-refractivity contribution in [3.8, 4) is 0 Å². The van der Waals surface area contributed by atoms with Gasteiger partial charge in [0.2, 0.25) is 0 Å². The smallest absolute Gasteiger partial charge is 0.0838 e. The minimum Gasteiger partial charge on any atom is -0.399 e. The molecule has 3 N–H and O–H groups in total. The highest BCUT2D eigenvalue weighted by molar-refractivity contribution is 5.24. The van der Waals surface area contributed by atoms with Crippen molar-refractivity contribution in [3.63, 3.8) is 0 Å². The van der Waals surface area contributed by atoms with Crippen LogP contribution < -0.4 is 5.73 Å². The molecule has 2 heteroatoms. The maximum Gasteiger partial charge on any atom is 0.0838 e. The highest BCUT2D eigenvalue weighted by atomic mass is 16.3. The van der Waals surface area contributed by atoms with Crippen molar-refractivity contribution in [2.24, 2.45) is 5.73 Å². The molecule has 0 aliphatic heterocycles. The summed E-state index contributed by atoms with van der Waals surface area (Å²) in [5.41, 5.74) is 5.48. The number of hydrogen-bond acceptors (Lipinski definition) is 2. The first-order chi connectivity index (χ1) is 4.10. The average molecular weight is 125 g/mol. The molecule has 50 valence electrons. The Kier molecular flexibility index (Phi) is 1.33. The monoisotopic (exact) mass is 125 g/mol. The lowest BCUT2D eigenvalue weighted by atomic mass is 9.97. The first kappa shape index (κ1) is 6.36. The summed E-state index contributed by atoms with van der Waals surface area (Å²) in [7, 11) is 0. The Hall–Kier alpha value is -0.760. The molecule has 1 unspecified atom stereocenters. The molecule has 0 heterocycles. The average Bonchev–Trinajstić information content (AvgIpc) is 1.78. The second-order valence-electron chi connectivity index (χ2n) is 2.60. The van der Waals surface area contributed by atoms with Crippen LogP contribution >= 0.6 is 0 Å². The fourth-order valence-electron chi connectivity index (χ4n) is 0.736. The Morgan fingerprint density at radius 3 is 2.78 bits per heavy atom. The Morgan fingerprint density at radius 1 is 1.78 bits per heavy atom. The van der Waals surface area contributed by atoms with Gasteiger partial charge in [-0.2, -0.15) is 0 Å². The highest BCUT2D eigenvalue weighted by Gasteiger charge is 2.16. The summed E-state index contributed by atoms with van der Waals surface area (Å²) >= 11 is 0. The molecule has 1 aliphatic carbocycles. The van der Waals surface area contributed by atoms with Gasteiger partial charge in [-0.1, -0.05) is 12.2 Å². The summed E-state index contributed by atoms with van der Waals surface area (Å²) in [4.78, 5) is 0. The molecule has 2 nitrogen and oxygen atoms in total. The molecule has 0 radical (unpaired) electrons. The SMILES string of the molecule is CC1(O)C=CC(N)=CC1. The van der Waals surface area contributed by atoms with Crippen LogP contribution in [0.3, 0.4) is 0 Å². The van der Waals surface area contributed by atoms with E-state index in [0.29, 0.717) is 6.42 Å². The highest BCUT2D eigenvalue weighted by Crippen LogP contribution is 2.17. The molecule has 0 saturated heterocycles. The van der Waals surface area contributed by atoms with E-state index in [0.717, 1.165) is 5.70 Å². The van der Waals surface area contributed by atoms with E-state index < -0.39 is 5.60 Å². The summed E-state index contributed by atoms with van der Waals surface area (Å²) in [6.45, 7) is 1.76. The third kappa shape index (κ3) is 1.57. The van der Waals surface area contributed by atoms with E-state index in [9.17, 15) is 5.11 Å². The van der Waals surface area contributed by atoms with Crippen LogP contribution in [0.15, 0.2) is 23.9 Å². The van der Waals surface area contributed by atoms with Gasteiger partial charge in [-0.05, 0) is 19.4 Å². The molecule has 9 heavy (non-hydrogen) atoms. The van der Waals surface area contributed by atoms with Gasteiger partial charge in [0.1, 0.15) is 0 Å². The van der Waals surface area contributed by atoms with Crippen LogP contribution in [-0.4, -0.2) is 10.7 Å². The Labute approximate surface area is 54.7 Å². The quantitative estimate of drug-likeness (QED) is 0.496. The zero-order chi connectivity index (χ0) is 6.91. The molecule has 1 atom stereocenters. The van der Waals surface area contributed by atoms with Crippen molar-refractivity contribution in [3.05, 3.63) is 23.9 Å². The number of aliphatic hydroxyl groups is 1. The second kappa shape index (κ2) is 1.88. The van der Waals surface area contributed by atoms with Gasteiger partial charge >= 0.3 is 0 Å². The van der Waals surface area contributed by atoms with Crippen molar-refractivity contribution >= 4 is 0 Å². The summed E-state index contributed by atoms with van der Waals surface area (Å²) in [6.07, 6.45) is 5.88. The van der Waals surface area contributed by atoms with Gasteiger partial charge in [-0.25, -0.2) is 0 Å². The van der Waals surface area contributed by atoms with E-state index in [2.05, 4.69) is 0 Å². The van der Waals surface area contributed by atoms with E-state index in [4.69, 9.17) is 5.73 Å². The molecule has 1 aliphatic rings. The third-order valence-electron chi connectivity index (χ3n) is 1.39. The molecular weight excluding hydrogens is 114 g/mol. The molecule has 0 aromatic carbocycles. The summed E-state index contributed by atoms with van der Waals surface area (Å²) in [5.74, 6) is 0. The second-order valence-corrected chi connectivity index (χ2v) is 2.60. The Bertz CT molecular complexity index is 168. The lowest BCUT2D eigenvalue weighted by Gasteiger charge is -2.19. The summed E-state index contributed by atoms with van der Waals surface area (Å²) < 4.78 is 0. The van der Waals surface area contributed by atoms with E-state index in [-0.39, 0.29) is 0 Å². The molecule has 0 aromatic heterocycles. The van der Waals surface area contributed by atoms with Gasteiger partial charge in [-0.3, -0.25) is 0 Å². The van der Waals surface area contributed by atoms with Crippen LogP contribution in [0.4, 0.5) is 0 Å². The Morgan fingerprint density at radius 2 is 2.44 bits per heavy atom. The molecule has 0 fully saturated rings. The van der Waals surface area contributed by atoms with E-state index in [1.165, 1.54) is 0 Å². The molecule has 0 bridgehead atoms. The lowest BCUT2D eigenvalue weighted by molar-refractivity contribution is 0.113. The molecule has 0 spiro atoms. The van der Waals surface area contributed by atoms with Crippen molar-refractivity contribution in [1.82, 2.24) is 0 Å². The van der Waals surface area contributed by atoms with Gasteiger partial charge in [0.05, 0.1) is 5.60 Å². The maximum absolute atomic E-state index is 9.31. The molecule has 0 saturated carbocycles.